The molecule has 1 fully saturated rings. The Hall–Kier alpha value is -0.940. The third kappa shape index (κ3) is 2.35. The summed E-state index contributed by atoms with van der Waals surface area (Å²) in [5.41, 5.74) is -0.0267. The van der Waals surface area contributed by atoms with Gasteiger partial charge in [-0.3, -0.25) is 0 Å². The van der Waals surface area contributed by atoms with Gasteiger partial charge in [0.05, 0.1) is 24.6 Å². The molecule has 0 amide bonds. The zero-order valence-electron chi connectivity index (χ0n) is 10.8. The van der Waals surface area contributed by atoms with Crippen molar-refractivity contribution >= 4 is 0 Å². The Morgan fingerprint density at radius 1 is 1.65 bits per heavy atom. The van der Waals surface area contributed by atoms with Crippen LogP contribution in [0.2, 0.25) is 0 Å². The van der Waals surface area contributed by atoms with E-state index < -0.39 is 5.60 Å². The number of rotatable bonds is 3. The van der Waals surface area contributed by atoms with E-state index in [1.807, 2.05) is 6.92 Å². The van der Waals surface area contributed by atoms with Crippen molar-refractivity contribution < 1.29 is 9.84 Å². The van der Waals surface area contributed by atoms with E-state index >= 15 is 0 Å². The number of nitrogens with zero attached hydrogens (tertiary/aromatic N) is 3. The Labute approximate surface area is 102 Å². The summed E-state index contributed by atoms with van der Waals surface area (Å²) in [6.07, 6.45) is 3.02. The number of aromatic nitrogens is 3. The van der Waals surface area contributed by atoms with E-state index in [1.54, 1.807) is 10.9 Å². The van der Waals surface area contributed by atoms with E-state index in [2.05, 4.69) is 24.2 Å². The lowest BCUT2D eigenvalue weighted by Gasteiger charge is -2.38. The van der Waals surface area contributed by atoms with Crippen LogP contribution < -0.4 is 0 Å². The second-order valence-electron chi connectivity index (χ2n) is 5.07. The van der Waals surface area contributed by atoms with Crippen molar-refractivity contribution in [1.29, 1.82) is 0 Å². The second-order valence-corrected chi connectivity index (χ2v) is 5.07. The van der Waals surface area contributed by atoms with Crippen molar-refractivity contribution in [2.45, 2.75) is 51.9 Å². The normalized spacial score (nSPS) is 29.8. The van der Waals surface area contributed by atoms with Crippen molar-refractivity contribution in [2.75, 3.05) is 6.61 Å². The molecule has 2 unspecified atom stereocenters. The number of aryl methyl sites for hydroxylation is 1. The smallest absolute Gasteiger partial charge is 0.112 e. The van der Waals surface area contributed by atoms with E-state index in [-0.39, 0.29) is 6.10 Å². The molecule has 1 N–H and O–H groups in total. The number of aliphatic hydroxyl groups is 1. The first-order valence-corrected chi connectivity index (χ1v) is 6.30. The van der Waals surface area contributed by atoms with Crippen molar-refractivity contribution in [1.82, 2.24) is 15.0 Å². The van der Waals surface area contributed by atoms with Gasteiger partial charge in [-0.1, -0.05) is 19.1 Å². The Morgan fingerprint density at radius 2 is 2.41 bits per heavy atom. The standard InChI is InChI=1S/C12H21N3O2/c1-4-15-11(8-13-14-15)12(16)5-6-17-10(7-12)9(2)3/h8-10,16H,4-7H2,1-3H3. The first-order chi connectivity index (χ1) is 8.07. The lowest BCUT2D eigenvalue weighted by atomic mass is 9.84. The van der Waals surface area contributed by atoms with Crippen LogP contribution in [-0.2, 0) is 16.9 Å². The van der Waals surface area contributed by atoms with Crippen molar-refractivity contribution in [3.05, 3.63) is 11.9 Å². The summed E-state index contributed by atoms with van der Waals surface area (Å²) in [4.78, 5) is 0. The van der Waals surface area contributed by atoms with Crippen LogP contribution in [0.5, 0.6) is 0 Å². The summed E-state index contributed by atoms with van der Waals surface area (Å²) in [6.45, 7) is 7.55. The third-order valence-electron chi connectivity index (χ3n) is 3.52. The fraction of sp³-hybridized carbons (Fsp3) is 0.833. The van der Waals surface area contributed by atoms with Crippen LogP contribution in [0, 0.1) is 5.92 Å². The molecule has 2 heterocycles. The fourth-order valence-electron chi connectivity index (χ4n) is 2.39. The lowest BCUT2D eigenvalue weighted by molar-refractivity contribution is -0.124. The van der Waals surface area contributed by atoms with E-state index in [1.165, 1.54) is 0 Å². The molecule has 0 aromatic carbocycles. The summed E-state index contributed by atoms with van der Waals surface area (Å²) in [7, 11) is 0. The SMILES string of the molecule is CCn1nncc1C1(O)CCOC(C(C)C)C1. The lowest BCUT2D eigenvalue weighted by Crippen LogP contribution is -2.42. The first kappa shape index (κ1) is 12.5. The van der Waals surface area contributed by atoms with Crippen LogP contribution in [0.4, 0.5) is 0 Å². The van der Waals surface area contributed by atoms with Gasteiger partial charge in [0.2, 0.25) is 0 Å². The van der Waals surface area contributed by atoms with Gasteiger partial charge in [0.1, 0.15) is 5.60 Å². The first-order valence-electron chi connectivity index (χ1n) is 6.30. The van der Waals surface area contributed by atoms with Gasteiger partial charge < -0.3 is 9.84 Å². The highest BCUT2D eigenvalue weighted by Gasteiger charge is 2.40. The summed E-state index contributed by atoms with van der Waals surface area (Å²) >= 11 is 0. The van der Waals surface area contributed by atoms with E-state index in [4.69, 9.17) is 4.74 Å². The molecule has 17 heavy (non-hydrogen) atoms. The summed E-state index contributed by atoms with van der Waals surface area (Å²) < 4.78 is 7.46. The molecule has 5 heteroatoms. The minimum Gasteiger partial charge on any atom is -0.383 e. The highest BCUT2D eigenvalue weighted by Crippen LogP contribution is 2.36. The van der Waals surface area contributed by atoms with Gasteiger partial charge in [-0.2, -0.15) is 0 Å². The zero-order chi connectivity index (χ0) is 12.5. The topological polar surface area (TPSA) is 60.2 Å². The second kappa shape index (κ2) is 4.74. The van der Waals surface area contributed by atoms with Gasteiger partial charge in [0, 0.05) is 19.4 Å². The van der Waals surface area contributed by atoms with E-state index in [9.17, 15) is 5.11 Å². The Kier molecular flexibility index (Phi) is 3.49. The molecule has 5 nitrogen and oxygen atoms in total. The van der Waals surface area contributed by atoms with Gasteiger partial charge in [-0.15, -0.1) is 5.10 Å². The largest absolute Gasteiger partial charge is 0.383 e. The molecule has 0 saturated carbocycles. The monoisotopic (exact) mass is 239 g/mol. The Morgan fingerprint density at radius 3 is 3.06 bits per heavy atom. The van der Waals surface area contributed by atoms with Gasteiger partial charge in [-0.05, 0) is 12.8 Å². The average Bonchev–Trinajstić information content (AvgIpc) is 2.77. The van der Waals surface area contributed by atoms with Crippen LogP contribution in [0.1, 0.15) is 39.3 Å². The highest BCUT2D eigenvalue weighted by atomic mass is 16.5. The van der Waals surface area contributed by atoms with Crippen molar-refractivity contribution in [3.63, 3.8) is 0 Å². The maximum Gasteiger partial charge on any atom is 0.112 e. The highest BCUT2D eigenvalue weighted by molar-refractivity contribution is 5.10. The molecule has 1 aliphatic heterocycles. The molecule has 2 rings (SSSR count). The molecule has 0 aliphatic carbocycles. The molecule has 1 aromatic heterocycles. The molecular formula is C12H21N3O2. The molecule has 2 atom stereocenters. The molecule has 0 radical (unpaired) electrons. The Balaban J connectivity index is 2.23. The molecule has 1 aliphatic rings. The van der Waals surface area contributed by atoms with Crippen molar-refractivity contribution in [3.8, 4) is 0 Å². The number of hydrogen-bond acceptors (Lipinski definition) is 4. The summed E-state index contributed by atoms with van der Waals surface area (Å²) in [5, 5.41) is 18.7. The van der Waals surface area contributed by atoms with Gasteiger partial charge in [-0.25, -0.2) is 4.68 Å². The molecule has 0 spiro atoms. The van der Waals surface area contributed by atoms with Crippen LogP contribution in [-0.4, -0.2) is 32.8 Å². The van der Waals surface area contributed by atoms with E-state index in [0.717, 1.165) is 12.2 Å². The number of ether oxygens (including phenoxy) is 1. The van der Waals surface area contributed by atoms with Gasteiger partial charge in [0.25, 0.3) is 0 Å². The Bertz CT molecular complexity index is 378. The zero-order valence-corrected chi connectivity index (χ0v) is 10.8. The van der Waals surface area contributed by atoms with Gasteiger partial charge in [0.15, 0.2) is 0 Å². The van der Waals surface area contributed by atoms with Crippen LogP contribution >= 0.6 is 0 Å². The molecule has 1 aromatic rings. The molecule has 1 saturated heterocycles. The average molecular weight is 239 g/mol. The predicted molar refractivity (Wildman–Crippen MR) is 63.4 cm³/mol. The molecular weight excluding hydrogens is 218 g/mol. The van der Waals surface area contributed by atoms with Crippen LogP contribution in [0.15, 0.2) is 6.20 Å². The summed E-state index contributed by atoms with van der Waals surface area (Å²) in [5.74, 6) is 0.410. The van der Waals surface area contributed by atoms with E-state index in [0.29, 0.717) is 25.4 Å². The van der Waals surface area contributed by atoms with Gasteiger partial charge >= 0.3 is 0 Å². The molecule has 96 valence electrons. The minimum atomic E-state index is -0.841. The predicted octanol–water partition coefficient (Wildman–Crippen LogP) is 1.32. The minimum absolute atomic E-state index is 0.106. The quantitative estimate of drug-likeness (QED) is 0.864. The molecule has 0 bridgehead atoms. The number of hydrogen-bond donors (Lipinski definition) is 1. The van der Waals surface area contributed by atoms with Crippen molar-refractivity contribution in [2.24, 2.45) is 5.92 Å². The maximum atomic E-state index is 10.8. The maximum absolute atomic E-state index is 10.8. The summed E-state index contributed by atoms with van der Waals surface area (Å²) in [6, 6.07) is 0. The fourth-order valence-corrected chi connectivity index (χ4v) is 2.39. The third-order valence-corrected chi connectivity index (χ3v) is 3.52. The van der Waals surface area contributed by atoms with Crippen LogP contribution in [0.25, 0.3) is 0 Å². The van der Waals surface area contributed by atoms with Crippen LogP contribution in [0.3, 0.4) is 0 Å².